The maximum atomic E-state index is 12.6. The molecule has 35 heavy (non-hydrogen) atoms. The fourth-order valence-electron chi connectivity index (χ4n) is 4.46. The molecule has 5 rings (SSSR count). The number of aliphatic hydroxyl groups excluding tert-OH is 2. The number of aromatic nitrogens is 3. The number of fused-ring (bicyclic) bond motifs is 2. The molecule has 2 amide bonds. The van der Waals surface area contributed by atoms with Crippen molar-refractivity contribution in [3.05, 3.63) is 57.5 Å². The van der Waals surface area contributed by atoms with E-state index in [4.69, 9.17) is 10.5 Å². The average molecular weight is 477 g/mol. The van der Waals surface area contributed by atoms with Gasteiger partial charge in [0, 0.05) is 25.6 Å². The Balaban J connectivity index is 1.34. The number of imide groups is 1. The number of anilines is 1. The number of nitrogens with zero attached hydrogens (tertiary/aromatic N) is 3. The first kappa shape index (κ1) is 22.8. The number of rotatable bonds is 5. The van der Waals surface area contributed by atoms with E-state index in [1.165, 1.54) is 4.90 Å². The number of unbranched alkanes of at least 4 members (excludes halogenated alkanes) is 1. The third-order valence-corrected chi connectivity index (χ3v) is 6.18. The van der Waals surface area contributed by atoms with Gasteiger partial charge in [0.15, 0.2) is 5.65 Å². The second kappa shape index (κ2) is 8.99. The lowest BCUT2D eigenvalue weighted by molar-refractivity contribution is -0.0430. The van der Waals surface area contributed by atoms with Crippen LogP contribution < -0.4 is 11.3 Å². The van der Waals surface area contributed by atoms with Crippen molar-refractivity contribution >= 4 is 28.8 Å². The van der Waals surface area contributed by atoms with Crippen LogP contribution >= 0.6 is 0 Å². The topological polar surface area (TPSA) is 164 Å². The number of nitrogen functional groups attached to an aromatic ring is 1. The van der Waals surface area contributed by atoms with Gasteiger partial charge in [-0.1, -0.05) is 24.0 Å². The molecule has 5 N–H and O–H groups in total. The van der Waals surface area contributed by atoms with Gasteiger partial charge in [-0.2, -0.15) is 4.98 Å². The van der Waals surface area contributed by atoms with Crippen LogP contribution in [-0.2, 0) is 4.74 Å². The zero-order chi connectivity index (χ0) is 24.7. The van der Waals surface area contributed by atoms with Crippen LogP contribution in [0.5, 0.6) is 0 Å². The van der Waals surface area contributed by atoms with Crippen molar-refractivity contribution in [3.8, 4) is 11.8 Å². The molecule has 180 valence electrons. The van der Waals surface area contributed by atoms with Crippen molar-refractivity contribution < 1.29 is 24.5 Å². The van der Waals surface area contributed by atoms with E-state index in [1.54, 1.807) is 35.0 Å². The summed E-state index contributed by atoms with van der Waals surface area (Å²) in [7, 11) is 0. The van der Waals surface area contributed by atoms with Gasteiger partial charge in [0.25, 0.3) is 17.4 Å². The number of nitrogens with one attached hydrogen (secondary N) is 1. The zero-order valence-electron chi connectivity index (χ0n) is 18.6. The molecule has 1 saturated heterocycles. The zero-order valence-corrected chi connectivity index (χ0v) is 18.6. The number of carbonyl (C=O) groups excluding carboxylic acids is 2. The molecule has 0 bridgehead atoms. The highest BCUT2D eigenvalue weighted by molar-refractivity contribution is 6.21. The molecule has 0 aliphatic carbocycles. The highest BCUT2D eigenvalue weighted by atomic mass is 16.5. The molecule has 2 aliphatic rings. The van der Waals surface area contributed by atoms with E-state index in [0.29, 0.717) is 29.5 Å². The number of hydrogen-bond acceptors (Lipinski definition) is 8. The van der Waals surface area contributed by atoms with Gasteiger partial charge >= 0.3 is 0 Å². The summed E-state index contributed by atoms with van der Waals surface area (Å²) in [6.07, 6.45) is 0.409. The van der Waals surface area contributed by atoms with Gasteiger partial charge in [0.05, 0.1) is 34.8 Å². The number of hydrogen-bond donors (Lipinski definition) is 4. The van der Waals surface area contributed by atoms with Gasteiger partial charge in [0.2, 0.25) is 5.95 Å². The standard InChI is InChI=1S/C24H23N5O6/c25-24-26-20-19(21(32)27-24)13(11-29(20)18-10-16(31)17(12-30)35-18)6-2-1-5-9-28-22(33)14-7-3-4-8-15(14)23(28)34/h3-4,7-8,11,16-18,30-31H,1,5,9-10,12H2,(H3,25,26,27,32)/t16-,17+,18+/m0/s1. The molecule has 0 radical (unpaired) electrons. The molecule has 2 aliphatic heterocycles. The molecular weight excluding hydrogens is 454 g/mol. The molecule has 11 nitrogen and oxygen atoms in total. The maximum absolute atomic E-state index is 12.6. The Morgan fingerprint density at radius 1 is 1.20 bits per heavy atom. The van der Waals surface area contributed by atoms with Gasteiger partial charge < -0.3 is 25.3 Å². The number of nitrogens with two attached hydrogens (primary N) is 1. The number of aromatic amines is 1. The quantitative estimate of drug-likeness (QED) is 0.233. The van der Waals surface area contributed by atoms with Gasteiger partial charge in [-0.25, -0.2) is 0 Å². The van der Waals surface area contributed by atoms with Gasteiger partial charge in [-0.05, 0) is 18.6 Å². The van der Waals surface area contributed by atoms with E-state index in [-0.39, 0.29) is 48.4 Å². The molecule has 2 aromatic heterocycles. The Bertz CT molecular complexity index is 1410. The van der Waals surface area contributed by atoms with Crippen molar-refractivity contribution in [2.45, 2.75) is 37.7 Å². The molecule has 1 aromatic carbocycles. The SMILES string of the molecule is Nc1nc2c(c(C#CCCCN3C(=O)c4ccccc4C3=O)cn2[C@H]2C[C@H](O)[C@@H](CO)O2)c(=O)[nH]1. The van der Waals surface area contributed by atoms with E-state index in [9.17, 15) is 24.6 Å². The highest BCUT2D eigenvalue weighted by Crippen LogP contribution is 2.32. The van der Waals surface area contributed by atoms with Gasteiger partial charge in [-0.3, -0.25) is 24.3 Å². The van der Waals surface area contributed by atoms with Gasteiger partial charge in [-0.15, -0.1) is 0 Å². The van der Waals surface area contributed by atoms with Crippen LogP contribution in [0.1, 0.15) is 51.8 Å². The van der Waals surface area contributed by atoms with Crippen LogP contribution in [0.15, 0.2) is 35.3 Å². The first-order valence-corrected chi connectivity index (χ1v) is 11.2. The summed E-state index contributed by atoms with van der Waals surface area (Å²) in [5.41, 5.74) is 6.75. The van der Waals surface area contributed by atoms with E-state index in [1.807, 2.05) is 0 Å². The first-order chi connectivity index (χ1) is 16.9. The predicted octanol–water partition coefficient (Wildman–Crippen LogP) is 0.375. The minimum atomic E-state index is -0.863. The van der Waals surface area contributed by atoms with Crippen molar-refractivity contribution in [1.82, 2.24) is 19.4 Å². The van der Waals surface area contributed by atoms with Crippen molar-refractivity contribution in [3.63, 3.8) is 0 Å². The lowest BCUT2D eigenvalue weighted by atomic mass is 10.1. The smallest absolute Gasteiger partial charge is 0.263 e. The monoisotopic (exact) mass is 477 g/mol. The molecule has 0 saturated carbocycles. The summed E-state index contributed by atoms with van der Waals surface area (Å²) in [5.74, 6) is 5.27. The van der Waals surface area contributed by atoms with E-state index in [0.717, 1.165) is 0 Å². The van der Waals surface area contributed by atoms with Crippen LogP contribution in [0.4, 0.5) is 5.95 Å². The molecule has 3 atom stereocenters. The van der Waals surface area contributed by atoms with Crippen LogP contribution in [0.25, 0.3) is 11.0 Å². The number of carbonyl (C=O) groups is 2. The summed E-state index contributed by atoms with van der Waals surface area (Å²) >= 11 is 0. The first-order valence-electron chi connectivity index (χ1n) is 11.2. The van der Waals surface area contributed by atoms with Crippen LogP contribution in [0, 0.1) is 11.8 Å². The van der Waals surface area contributed by atoms with Crippen molar-refractivity contribution in [2.75, 3.05) is 18.9 Å². The number of ether oxygens (including phenoxy) is 1. The molecule has 0 unspecified atom stereocenters. The van der Waals surface area contributed by atoms with Gasteiger partial charge in [0.1, 0.15) is 12.3 Å². The second-order valence-electron chi connectivity index (χ2n) is 8.43. The Kier molecular flexibility index (Phi) is 5.86. The Morgan fingerprint density at radius 3 is 2.57 bits per heavy atom. The van der Waals surface area contributed by atoms with Crippen molar-refractivity contribution in [2.24, 2.45) is 0 Å². The normalized spacial score (nSPS) is 21.4. The molecular formula is C24H23N5O6. The Labute approximate surface area is 199 Å². The fraction of sp³-hybridized carbons (Fsp3) is 0.333. The van der Waals surface area contributed by atoms with Crippen LogP contribution in [0.2, 0.25) is 0 Å². The minimum Gasteiger partial charge on any atom is -0.394 e. The molecule has 11 heteroatoms. The van der Waals surface area contributed by atoms with E-state index < -0.39 is 24.0 Å². The number of amides is 2. The third kappa shape index (κ3) is 3.97. The number of benzene rings is 1. The largest absolute Gasteiger partial charge is 0.394 e. The lowest BCUT2D eigenvalue weighted by Gasteiger charge is -2.14. The third-order valence-electron chi connectivity index (χ3n) is 6.18. The van der Waals surface area contributed by atoms with Crippen LogP contribution in [-0.4, -0.2) is 66.8 Å². The Hall–Kier alpha value is -3.98. The highest BCUT2D eigenvalue weighted by Gasteiger charge is 2.36. The predicted molar refractivity (Wildman–Crippen MR) is 124 cm³/mol. The fourth-order valence-corrected chi connectivity index (χ4v) is 4.46. The minimum absolute atomic E-state index is 0.0699. The Morgan fingerprint density at radius 2 is 1.91 bits per heavy atom. The summed E-state index contributed by atoms with van der Waals surface area (Å²) < 4.78 is 7.30. The lowest BCUT2D eigenvalue weighted by Crippen LogP contribution is -2.30. The molecule has 3 aromatic rings. The summed E-state index contributed by atoms with van der Waals surface area (Å²) in [6, 6.07) is 6.72. The second-order valence-corrected chi connectivity index (χ2v) is 8.43. The number of aliphatic hydroxyl groups is 2. The molecule has 1 fully saturated rings. The van der Waals surface area contributed by atoms with E-state index in [2.05, 4.69) is 21.8 Å². The molecule has 0 spiro atoms. The number of H-pyrrole nitrogens is 1. The van der Waals surface area contributed by atoms with Crippen LogP contribution in [0.3, 0.4) is 0 Å². The average Bonchev–Trinajstić information content (AvgIpc) is 3.47. The summed E-state index contributed by atoms with van der Waals surface area (Å²) in [5, 5.41) is 19.7. The van der Waals surface area contributed by atoms with E-state index >= 15 is 0 Å². The summed E-state index contributed by atoms with van der Waals surface area (Å²) in [4.78, 5) is 45.4. The van der Waals surface area contributed by atoms with Crippen molar-refractivity contribution in [1.29, 1.82) is 0 Å². The summed E-state index contributed by atoms with van der Waals surface area (Å²) in [6.45, 7) is -0.107. The molecule has 4 heterocycles. The maximum Gasteiger partial charge on any atom is 0.263 e.